The van der Waals surface area contributed by atoms with Gasteiger partial charge in [0.2, 0.25) is 0 Å². The lowest BCUT2D eigenvalue weighted by atomic mass is 10.2. The maximum absolute atomic E-state index is 11.4. The molecule has 1 N–H and O–H groups in total. The van der Waals surface area contributed by atoms with Crippen LogP contribution in [0, 0.1) is 30.3 Å². The lowest BCUT2D eigenvalue weighted by molar-refractivity contribution is -0.387. The Kier molecular flexibility index (Phi) is 15.2. The molecule has 0 saturated heterocycles. The molecule has 0 saturated carbocycles. The van der Waals surface area contributed by atoms with Gasteiger partial charge in [-0.1, -0.05) is 23.2 Å². The second-order valence-corrected chi connectivity index (χ2v) is 9.40. The number of rotatable bonds is 9. The normalized spacial score (nSPS) is 9.75. The molecule has 0 radical (unpaired) electrons. The molecule has 0 fully saturated rings. The highest BCUT2D eigenvalue weighted by Gasteiger charge is 2.18. The number of carboxylic acid groups (broad SMARTS) is 1. The fourth-order valence-electron chi connectivity index (χ4n) is 2.95. The number of carbonyl (C=O) groups excluding carboxylic acids is 2. The van der Waals surface area contributed by atoms with Crippen molar-refractivity contribution in [3.05, 3.63) is 112 Å². The van der Waals surface area contributed by atoms with Gasteiger partial charge in [0, 0.05) is 18.2 Å². The van der Waals surface area contributed by atoms with Crippen LogP contribution in [0.15, 0.2) is 59.5 Å². The zero-order valence-electron chi connectivity index (χ0n) is 23.1. The molecule has 3 aromatic rings. The number of carboxylic acids is 1. The number of halogens is 2. The average molecular weight is 672 g/mol. The number of benzene rings is 3. The topological polar surface area (TPSA) is 219 Å². The van der Waals surface area contributed by atoms with E-state index in [9.17, 15) is 44.7 Å². The van der Waals surface area contributed by atoms with Gasteiger partial charge in [-0.15, -0.1) is 11.8 Å². The Balaban J connectivity index is 0.000000332. The van der Waals surface area contributed by atoms with Crippen LogP contribution >= 0.6 is 35.0 Å². The minimum atomic E-state index is -1.22. The van der Waals surface area contributed by atoms with Crippen LogP contribution in [0.3, 0.4) is 0 Å². The van der Waals surface area contributed by atoms with Crippen molar-refractivity contribution in [3.63, 3.8) is 0 Å². The van der Waals surface area contributed by atoms with E-state index in [0.29, 0.717) is 4.90 Å². The number of hydrogen-bond donors (Lipinski definition) is 1. The van der Waals surface area contributed by atoms with Crippen molar-refractivity contribution in [2.45, 2.75) is 18.7 Å². The second kappa shape index (κ2) is 18.0. The number of nitro benzene ring substituents is 3. The summed E-state index contributed by atoms with van der Waals surface area (Å²) in [4.78, 5) is 63.3. The molecule has 0 amide bonds. The Labute approximate surface area is 263 Å². The maximum Gasteiger partial charge on any atom is 0.338 e. The summed E-state index contributed by atoms with van der Waals surface area (Å²) >= 11 is 12.3. The van der Waals surface area contributed by atoms with E-state index in [4.69, 9.17) is 37.8 Å². The van der Waals surface area contributed by atoms with Gasteiger partial charge >= 0.3 is 17.9 Å². The predicted octanol–water partition coefficient (Wildman–Crippen LogP) is 6.86. The number of nitrogens with zero attached hydrogens (tertiary/aromatic N) is 3. The molecule has 0 bridgehead atoms. The van der Waals surface area contributed by atoms with Crippen molar-refractivity contribution in [2.24, 2.45) is 0 Å². The molecule has 0 heterocycles. The second-order valence-electron chi connectivity index (χ2n) is 7.74. The number of nitro groups is 3. The minimum absolute atomic E-state index is 0.00644. The molecule has 0 atom stereocenters. The smallest absolute Gasteiger partial charge is 0.338 e. The number of hydrogen-bond acceptors (Lipinski definition) is 12. The van der Waals surface area contributed by atoms with Crippen molar-refractivity contribution < 1.29 is 43.7 Å². The summed E-state index contributed by atoms with van der Waals surface area (Å²) in [6.45, 7) is 3.80. The molecular weight excluding hydrogens is 649 g/mol. The van der Waals surface area contributed by atoms with Gasteiger partial charge in [-0.05, 0) is 56.5 Å². The molecule has 3 aromatic carbocycles. The fraction of sp³-hybridized carbons (Fsp3) is 0.192. The van der Waals surface area contributed by atoms with Crippen LogP contribution in [-0.2, 0) is 9.47 Å². The monoisotopic (exact) mass is 671 g/mol. The summed E-state index contributed by atoms with van der Waals surface area (Å²) in [6.07, 6.45) is 1.74. The van der Waals surface area contributed by atoms with E-state index >= 15 is 0 Å². The van der Waals surface area contributed by atoms with Crippen LogP contribution in [0.4, 0.5) is 17.1 Å². The molecule has 44 heavy (non-hydrogen) atoms. The van der Waals surface area contributed by atoms with Crippen LogP contribution in [0.5, 0.6) is 0 Å². The number of carbonyl (C=O) groups is 3. The van der Waals surface area contributed by atoms with Gasteiger partial charge in [0.25, 0.3) is 17.1 Å². The third-order valence-corrected chi connectivity index (χ3v) is 6.35. The highest BCUT2D eigenvalue weighted by atomic mass is 35.5. The molecule has 0 aliphatic carbocycles. The average Bonchev–Trinajstić information content (AvgIpc) is 2.97. The first-order chi connectivity index (χ1) is 20.7. The Hall–Kier alpha value is -4.80. The van der Waals surface area contributed by atoms with Crippen LogP contribution in [0.25, 0.3) is 0 Å². The first-order valence-corrected chi connectivity index (χ1v) is 13.9. The Morgan fingerprint density at radius 1 is 0.705 bits per heavy atom. The third kappa shape index (κ3) is 11.1. The molecule has 3 rings (SSSR count). The van der Waals surface area contributed by atoms with Crippen LogP contribution < -0.4 is 0 Å². The maximum atomic E-state index is 11.4. The van der Waals surface area contributed by atoms with Crippen molar-refractivity contribution in [2.75, 3.05) is 19.5 Å². The zero-order chi connectivity index (χ0) is 33.6. The summed E-state index contributed by atoms with van der Waals surface area (Å²) in [5, 5.41) is 40.0. The molecule has 0 unspecified atom stereocenters. The molecule has 0 aliphatic heterocycles. The standard InChI is InChI=1S/C10H11NO4S.C9H8ClNO4.C7H4ClNO4/c1-3-15-10(12)7-4-5-9(16-2)8(6-7)11(13)14;1-2-15-9(12)6-3-4-7(10)8(5-6)11(13)14;8-5-2-1-4(7(10)11)3-6(5)9(12)13/h4-6H,3H2,1-2H3;3-5H,2H2,1H3;1-3H,(H,10,11). The van der Waals surface area contributed by atoms with Gasteiger partial charge in [0.05, 0.1) is 49.6 Å². The largest absolute Gasteiger partial charge is 0.478 e. The highest BCUT2D eigenvalue weighted by molar-refractivity contribution is 7.98. The lowest BCUT2D eigenvalue weighted by Crippen LogP contribution is -2.05. The third-order valence-electron chi connectivity index (χ3n) is 4.93. The summed E-state index contributed by atoms with van der Waals surface area (Å²) in [5.41, 5.74) is -0.614. The van der Waals surface area contributed by atoms with E-state index in [1.54, 1.807) is 26.2 Å². The van der Waals surface area contributed by atoms with Crippen LogP contribution in [0.2, 0.25) is 10.0 Å². The first kappa shape index (κ1) is 37.2. The summed E-state index contributed by atoms with van der Waals surface area (Å²) < 4.78 is 9.47. The van der Waals surface area contributed by atoms with Gasteiger partial charge in [-0.3, -0.25) is 30.3 Å². The predicted molar refractivity (Wildman–Crippen MR) is 160 cm³/mol. The van der Waals surface area contributed by atoms with E-state index < -0.39 is 38.4 Å². The Morgan fingerprint density at radius 3 is 1.43 bits per heavy atom. The number of aromatic carboxylic acids is 1. The number of esters is 2. The van der Waals surface area contributed by atoms with Crippen molar-refractivity contribution in [3.8, 4) is 0 Å². The molecule has 15 nitrogen and oxygen atoms in total. The van der Waals surface area contributed by atoms with Crippen molar-refractivity contribution in [1.29, 1.82) is 0 Å². The van der Waals surface area contributed by atoms with E-state index in [0.717, 1.165) is 12.1 Å². The zero-order valence-corrected chi connectivity index (χ0v) is 25.4. The molecule has 18 heteroatoms. The van der Waals surface area contributed by atoms with Gasteiger partial charge in [-0.25, -0.2) is 14.4 Å². The van der Waals surface area contributed by atoms with E-state index in [-0.39, 0.29) is 51.3 Å². The molecular formula is C26H23Cl2N3O12S. The highest BCUT2D eigenvalue weighted by Crippen LogP contribution is 2.29. The Morgan fingerprint density at radius 2 is 1.07 bits per heavy atom. The van der Waals surface area contributed by atoms with Crippen LogP contribution in [-0.4, -0.2) is 57.3 Å². The minimum Gasteiger partial charge on any atom is -0.478 e. The SMILES string of the molecule is CCOC(=O)c1ccc(Cl)c([N+](=O)[O-])c1.CCOC(=O)c1ccc(SC)c([N+](=O)[O-])c1.O=C(O)c1ccc(Cl)c([N+](=O)[O-])c1. The van der Waals surface area contributed by atoms with Crippen molar-refractivity contribution in [1.82, 2.24) is 0 Å². The number of ether oxygens (including phenoxy) is 2. The van der Waals surface area contributed by atoms with E-state index in [1.165, 1.54) is 48.2 Å². The quantitative estimate of drug-likeness (QED) is 0.106. The van der Waals surface area contributed by atoms with Gasteiger partial charge in [-0.2, -0.15) is 0 Å². The molecule has 0 aromatic heterocycles. The number of thioether (sulfide) groups is 1. The van der Waals surface area contributed by atoms with E-state index in [1.807, 2.05) is 0 Å². The Bertz CT molecular complexity index is 1570. The van der Waals surface area contributed by atoms with Gasteiger partial charge in [0.1, 0.15) is 10.0 Å². The molecule has 0 aliphatic rings. The summed E-state index contributed by atoms with van der Waals surface area (Å²) in [6, 6.07) is 11.4. The summed E-state index contributed by atoms with van der Waals surface area (Å²) in [7, 11) is 0. The molecule has 0 spiro atoms. The van der Waals surface area contributed by atoms with Crippen molar-refractivity contribution >= 4 is 69.9 Å². The lowest BCUT2D eigenvalue weighted by Gasteiger charge is -2.03. The van der Waals surface area contributed by atoms with Gasteiger partial charge in [0.15, 0.2) is 0 Å². The summed E-state index contributed by atoms with van der Waals surface area (Å²) in [5.74, 6) is -2.37. The first-order valence-electron chi connectivity index (χ1n) is 12.0. The van der Waals surface area contributed by atoms with E-state index in [2.05, 4.69) is 0 Å². The van der Waals surface area contributed by atoms with Gasteiger partial charge < -0.3 is 14.6 Å². The fourth-order valence-corrected chi connectivity index (χ4v) is 3.87. The van der Waals surface area contributed by atoms with Crippen LogP contribution in [0.1, 0.15) is 44.9 Å². The molecule has 234 valence electrons.